The lowest BCUT2D eigenvalue weighted by atomic mass is 9.80. The number of ether oxygens (including phenoxy) is 1. The molecule has 0 saturated carbocycles. The lowest BCUT2D eigenvalue weighted by molar-refractivity contribution is -0.572. The van der Waals surface area contributed by atoms with Crippen molar-refractivity contribution < 1.29 is 9.30 Å². The van der Waals surface area contributed by atoms with Crippen LogP contribution in [0.25, 0.3) is 50.2 Å². The van der Waals surface area contributed by atoms with Crippen molar-refractivity contribution in [2.45, 2.75) is 105 Å². The van der Waals surface area contributed by atoms with E-state index in [-0.39, 0.29) is 21.7 Å². The topological polar surface area (TPSA) is 48.8 Å². The molecule has 0 fully saturated rings. The molecular weight excluding hydrogens is 699 g/mol. The van der Waals surface area contributed by atoms with Crippen LogP contribution in [0.2, 0.25) is 0 Å². The van der Waals surface area contributed by atoms with E-state index in [1.54, 1.807) is 0 Å². The van der Waals surface area contributed by atoms with Crippen molar-refractivity contribution in [3.63, 3.8) is 0 Å². The number of fused-ring (bicyclic) bond motifs is 4. The van der Waals surface area contributed by atoms with Crippen LogP contribution in [-0.4, -0.2) is 19.1 Å². The van der Waals surface area contributed by atoms with E-state index in [0.29, 0.717) is 5.75 Å². The van der Waals surface area contributed by atoms with Gasteiger partial charge in [0.15, 0.2) is 5.82 Å². The van der Waals surface area contributed by atoms with Gasteiger partial charge < -0.3 is 4.74 Å². The molecule has 0 radical (unpaired) electrons. The predicted molar refractivity (Wildman–Crippen MR) is 235 cm³/mol. The highest BCUT2D eigenvalue weighted by Crippen LogP contribution is 2.37. The Morgan fingerprint density at radius 3 is 1.77 bits per heavy atom. The van der Waals surface area contributed by atoms with Gasteiger partial charge in [-0.05, 0) is 98.5 Å². The number of imidazole rings is 1. The number of nitrogens with zero attached hydrogens (tertiary/aromatic N) is 5. The van der Waals surface area contributed by atoms with Gasteiger partial charge in [-0.25, -0.2) is 4.98 Å². The summed E-state index contributed by atoms with van der Waals surface area (Å²) in [5, 5.41) is 2.32. The summed E-state index contributed by atoms with van der Waals surface area (Å²) in [6.07, 6.45) is 7.46. The van der Waals surface area contributed by atoms with Crippen LogP contribution in [0, 0.1) is 6.33 Å². The predicted octanol–water partition coefficient (Wildman–Crippen LogP) is 12.6. The molecule has 290 valence electrons. The summed E-state index contributed by atoms with van der Waals surface area (Å²) in [5.41, 5.74) is 10.3. The molecule has 6 nitrogen and oxygen atoms in total. The van der Waals surface area contributed by atoms with Crippen LogP contribution < -0.4 is 9.30 Å². The third kappa shape index (κ3) is 7.22. The molecule has 8 rings (SSSR count). The summed E-state index contributed by atoms with van der Waals surface area (Å²) < 4.78 is 13.2. The molecule has 0 N–H and O–H groups in total. The van der Waals surface area contributed by atoms with E-state index in [0.717, 1.165) is 50.5 Å². The van der Waals surface area contributed by atoms with E-state index in [1.165, 1.54) is 27.6 Å². The molecule has 57 heavy (non-hydrogen) atoms. The standard InChI is InChI=1S/C51H55N5O/c1-48(2,3)33-17-20-43-45(28-33)55(32-54(43)37-26-35(50(7,8)9)25-36(27-37)51(10,11)12)46-31-39(22-24-52-46)57-38-18-19-41-40-15-13-14-16-42(40)56(44(41)30-38)47-29-34(21-23-53-47)49(4,5)6/h13-31H,1-12H3. The maximum absolute atomic E-state index is 6.69. The van der Waals surface area contributed by atoms with Gasteiger partial charge in [-0.3, -0.25) is 18.7 Å². The highest BCUT2D eigenvalue weighted by molar-refractivity contribution is 6.09. The summed E-state index contributed by atoms with van der Waals surface area (Å²) in [5.74, 6) is 3.03. The number of hydrogen-bond donors (Lipinski definition) is 0. The lowest BCUT2D eigenvalue weighted by Gasteiger charge is -2.26. The Kier molecular flexibility index (Phi) is 8.99. The number of para-hydroxylation sites is 1. The van der Waals surface area contributed by atoms with Crippen molar-refractivity contribution in [2.24, 2.45) is 0 Å². The van der Waals surface area contributed by atoms with E-state index >= 15 is 0 Å². The molecular formula is C51H55N5O. The van der Waals surface area contributed by atoms with Gasteiger partial charge in [0.05, 0.1) is 27.8 Å². The van der Waals surface area contributed by atoms with Crippen molar-refractivity contribution in [1.82, 2.24) is 19.1 Å². The van der Waals surface area contributed by atoms with Crippen LogP contribution in [0.1, 0.15) is 105 Å². The largest absolute Gasteiger partial charge is 0.458 e. The second-order valence-electron chi connectivity index (χ2n) is 19.6. The molecule has 4 aromatic carbocycles. The SMILES string of the molecule is CC(C)(C)c1cc(-[n+]2[c-]n(-c3cc(Oc4ccc5c6ccccc6n(-c6cc(C(C)(C)C)ccn6)c5c4)ccn3)c3cc(C(C)(C)C)ccc32)cc(C(C)(C)C)c1. The van der Waals surface area contributed by atoms with Gasteiger partial charge >= 0.3 is 0 Å². The van der Waals surface area contributed by atoms with Gasteiger partial charge in [0.1, 0.15) is 17.3 Å². The zero-order valence-corrected chi connectivity index (χ0v) is 35.6. The minimum atomic E-state index is -0.0389. The van der Waals surface area contributed by atoms with Crippen LogP contribution in [0.15, 0.2) is 116 Å². The second-order valence-corrected chi connectivity index (χ2v) is 19.6. The first kappa shape index (κ1) is 38.1. The number of rotatable bonds is 5. The Bertz CT molecular complexity index is 2780. The van der Waals surface area contributed by atoms with Crippen LogP contribution in [0.5, 0.6) is 11.5 Å². The molecule has 6 heteroatoms. The van der Waals surface area contributed by atoms with Crippen LogP contribution in [-0.2, 0) is 21.7 Å². The van der Waals surface area contributed by atoms with Gasteiger partial charge in [-0.15, -0.1) is 0 Å². The van der Waals surface area contributed by atoms with Gasteiger partial charge in [0, 0.05) is 35.3 Å². The molecule has 0 amide bonds. The molecule has 0 aliphatic rings. The molecule has 0 atom stereocenters. The fourth-order valence-corrected chi connectivity index (χ4v) is 7.53. The normalized spacial score (nSPS) is 12.9. The average Bonchev–Trinajstić information content (AvgIpc) is 3.69. The Hall–Kier alpha value is -5.75. The van der Waals surface area contributed by atoms with Gasteiger partial charge in [0.2, 0.25) is 0 Å². The summed E-state index contributed by atoms with van der Waals surface area (Å²) in [6.45, 7) is 27.1. The molecule has 8 aromatic rings. The van der Waals surface area contributed by atoms with E-state index in [2.05, 4.69) is 188 Å². The van der Waals surface area contributed by atoms with E-state index in [1.807, 2.05) is 30.6 Å². The molecule has 0 saturated heterocycles. The van der Waals surface area contributed by atoms with Gasteiger partial charge in [-0.1, -0.05) is 119 Å². The Morgan fingerprint density at radius 2 is 1.09 bits per heavy atom. The summed E-state index contributed by atoms with van der Waals surface area (Å²) >= 11 is 0. The summed E-state index contributed by atoms with van der Waals surface area (Å²) in [4.78, 5) is 9.76. The number of hydrogen-bond acceptors (Lipinski definition) is 3. The molecule has 0 unspecified atom stereocenters. The lowest BCUT2D eigenvalue weighted by Crippen LogP contribution is -2.31. The molecule has 0 bridgehead atoms. The number of pyridine rings is 2. The van der Waals surface area contributed by atoms with Crippen molar-refractivity contribution in [3.8, 4) is 28.8 Å². The Balaban J connectivity index is 1.25. The zero-order chi connectivity index (χ0) is 40.7. The first-order chi connectivity index (χ1) is 26.8. The fraction of sp³-hybridized carbons (Fsp3) is 0.314. The van der Waals surface area contributed by atoms with Crippen molar-refractivity contribution in [1.29, 1.82) is 0 Å². The molecule has 0 aliphatic carbocycles. The maximum Gasteiger partial charge on any atom is 0.271 e. The number of benzene rings is 4. The monoisotopic (exact) mass is 753 g/mol. The van der Waals surface area contributed by atoms with E-state index in [4.69, 9.17) is 14.7 Å². The van der Waals surface area contributed by atoms with Crippen molar-refractivity contribution in [3.05, 3.63) is 144 Å². The van der Waals surface area contributed by atoms with Crippen LogP contribution >= 0.6 is 0 Å². The maximum atomic E-state index is 6.69. The van der Waals surface area contributed by atoms with Crippen LogP contribution in [0.3, 0.4) is 0 Å². The molecule has 0 aliphatic heterocycles. The van der Waals surface area contributed by atoms with E-state index < -0.39 is 0 Å². The van der Waals surface area contributed by atoms with E-state index in [9.17, 15) is 0 Å². The summed E-state index contributed by atoms with van der Waals surface area (Å²) in [6, 6.07) is 36.8. The first-order valence-electron chi connectivity index (χ1n) is 20.1. The average molecular weight is 754 g/mol. The fourth-order valence-electron chi connectivity index (χ4n) is 7.53. The third-order valence-corrected chi connectivity index (χ3v) is 11.1. The van der Waals surface area contributed by atoms with Crippen LogP contribution in [0.4, 0.5) is 0 Å². The highest BCUT2D eigenvalue weighted by Gasteiger charge is 2.24. The number of aromatic nitrogens is 5. The van der Waals surface area contributed by atoms with Crippen molar-refractivity contribution in [2.75, 3.05) is 0 Å². The minimum Gasteiger partial charge on any atom is -0.458 e. The second kappa shape index (κ2) is 13.4. The molecule has 0 spiro atoms. The molecule has 4 aromatic heterocycles. The third-order valence-electron chi connectivity index (χ3n) is 11.1. The molecule has 4 heterocycles. The quantitative estimate of drug-likeness (QED) is 0.130. The smallest absolute Gasteiger partial charge is 0.271 e. The van der Waals surface area contributed by atoms with Gasteiger partial charge in [0.25, 0.3) is 6.33 Å². The van der Waals surface area contributed by atoms with Gasteiger partial charge in [-0.2, -0.15) is 0 Å². The first-order valence-corrected chi connectivity index (χ1v) is 20.1. The Morgan fingerprint density at radius 1 is 0.491 bits per heavy atom. The zero-order valence-electron chi connectivity index (χ0n) is 35.6. The minimum absolute atomic E-state index is 0.00827. The Labute approximate surface area is 337 Å². The summed E-state index contributed by atoms with van der Waals surface area (Å²) in [7, 11) is 0. The highest BCUT2D eigenvalue weighted by atomic mass is 16.5. The van der Waals surface area contributed by atoms with Crippen molar-refractivity contribution >= 4 is 32.8 Å².